The normalized spacial score (nSPS) is 22.6. The second-order valence-electron chi connectivity index (χ2n) is 16.7. The molecular weight excluding hydrogens is 697 g/mol. The summed E-state index contributed by atoms with van der Waals surface area (Å²) in [7, 11) is 0. The number of allylic oxidation sites excluding steroid dienone is 13. The SMILES string of the molecule is CC1(C)C2=C(C=CC(N3C4=C(CCC=C4)Oc4ccccc43)C2)C2=CC=C(/C=C/c3cccc(-c4cccc(N5C6=C(CCC=C6)Oc6ccccc65)c4)c3)CC21. The van der Waals surface area contributed by atoms with Gasteiger partial charge in [-0.15, -0.1) is 0 Å². The molecule has 4 aromatic rings. The number of nitrogens with zero attached hydrogens (tertiary/aromatic N) is 2. The first-order chi connectivity index (χ1) is 28.0. The monoisotopic (exact) mass is 742 g/mol. The summed E-state index contributed by atoms with van der Waals surface area (Å²) in [6.07, 6.45) is 29.2. The van der Waals surface area contributed by atoms with Gasteiger partial charge in [0.05, 0.1) is 28.8 Å². The van der Waals surface area contributed by atoms with Gasteiger partial charge in [-0.2, -0.15) is 0 Å². The maximum Gasteiger partial charge on any atom is 0.151 e. The Kier molecular flexibility index (Phi) is 8.03. The molecule has 0 aromatic heterocycles. The molecule has 0 bridgehead atoms. The van der Waals surface area contributed by atoms with Crippen LogP contribution in [0.2, 0.25) is 0 Å². The van der Waals surface area contributed by atoms with E-state index in [4.69, 9.17) is 9.47 Å². The van der Waals surface area contributed by atoms with E-state index in [0.717, 1.165) is 84.3 Å². The number of rotatable bonds is 5. The maximum atomic E-state index is 6.43. The van der Waals surface area contributed by atoms with Crippen LogP contribution in [0.15, 0.2) is 197 Å². The molecule has 0 amide bonds. The van der Waals surface area contributed by atoms with Crippen molar-refractivity contribution in [2.45, 2.75) is 58.4 Å². The van der Waals surface area contributed by atoms with E-state index in [2.05, 4.69) is 175 Å². The zero-order valence-electron chi connectivity index (χ0n) is 32.6. The molecule has 2 aliphatic heterocycles. The van der Waals surface area contributed by atoms with E-state index in [1.54, 1.807) is 5.57 Å². The zero-order valence-corrected chi connectivity index (χ0v) is 32.6. The van der Waals surface area contributed by atoms with Gasteiger partial charge >= 0.3 is 0 Å². The van der Waals surface area contributed by atoms with Gasteiger partial charge in [-0.05, 0) is 125 Å². The summed E-state index contributed by atoms with van der Waals surface area (Å²) in [4.78, 5) is 4.89. The van der Waals surface area contributed by atoms with Crippen LogP contribution >= 0.6 is 0 Å². The lowest BCUT2D eigenvalue weighted by molar-refractivity contribution is 0.315. The van der Waals surface area contributed by atoms with Gasteiger partial charge in [0.25, 0.3) is 0 Å². The summed E-state index contributed by atoms with van der Waals surface area (Å²) in [6, 6.07) is 35.0. The minimum Gasteiger partial charge on any atom is -0.457 e. The second kappa shape index (κ2) is 13.4. The minimum atomic E-state index is 0.0547. The number of fused-ring (bicyclic) bond motifs is 4. The topological polar surface area (TPSA) is 24.9 Å². The fraction of sp³-hybridized carbons (Fsp3) is 0.208. The van der Waals surface area contributed by atoms with E-state index in [-0.39, 0.29) is 11.5 Å². The van der Waals surface area contributed by atoms with Gasteiger partial charge in [0.15, 0.2) is 11.5 Å². The number of anilines is 3. The Morgan fingerprint density at radius 2 is 1.37 bits per heavy atom. The molecule has 57 heavy (non-hydrogen) atoms. The van der Waals surface area contributed by atoms with Crippen LogP contribution in [0.4, 0.5) is 17.1 Å². The molecule has 0 fully saturated rings. The van der Waals surface area contributed by atoms with Crippen LogP contribution < -0.4 is 19.3 Å². The number of para-hydroxylation sites is 4. The minimum absolute atomic E-state index is 0.0547. The third-order valence-corrected chi connectivity index (χ3v) is 13.0. The van der Waals surface area contributed by atoms with Crippen LogP contribution in [0.5, 0.6) is 11.5 Å². The predicted molar refractivity (Wildman–Crippen MR) is 233 cm³/mol. The van der Waals surface area contributed by atoms with Crippen LogP contribution in [0, 0.1) is 11.3 Å². The summed E-state index contributed by atoms with van der Waals surface area (Å²) in [5, 5.41) is 0. The average Bonchev–Trinajstić information content (AvgIpc) is 3.48. The average molecular weight is 743 g/mol. The van der Waals surface area contributed by atoms with Crippen molar-refractivity contribution >= 4 is 23.1 Å². The molecule has 2 heterocycles. The molecular formula is C53H46N2O2. The first-order valence-electron chi connectivity index (χ1n) is 20.6. The van der Waals surface area contributed by atoms with Crippen molar-refractivity contribution in [2.75, 3.05) is 9.80 Å². The van der Waals surface area contributed by atoms with Crippen molar-refractivity contribution in [2.24, 2.45) is 11.3 Å². The zero-order chi connectivity index (χ0) is 38.1. The van der Waals surface area contributed by atoms with Gasteiger partial charge in [0, 0.05) is 18.5 Å². The predicted octanol–water partition coefficient (Wildman–Crippen LogP) is 13.5. The molecule has 0 saturated heterocycles. The van der Waals surface area contributed by atoms with Gasteiger partial charge in [-0.25, -0.2) is 0 Å². The summed E-state index contributed by atoms with van der Waals surface area (Å²) < 4.78 is 12.8. The first kappa shape index (κ1) is 34.0. The molecule has 4 nitrogen and oxygen atoms in total. The molecule has 0 N–H and O–H groups in total. The van der Waals surface area contributed by atoms with E-state index in [1.165, 1.54) is 39.1 Å². The van der Waals surface area contributed by atoms with Crippen LogP contribution in [-0.2, 0) is 0 Å². The Hall–Kier alpha value is -6.26. The van der Waals surface area contributed by atoms with Gasteiger partial charge in [-0.3, -0.25) is 0 Å². The van der Waals surface area contributed by atoms with Crippen molar-refractivity contribution in [3.05, 3.63) is 203 Å². The van der Waals surface area contributed by atoms with Crippen molar-refractivity contribution in [1.82, 2.24) is 0 Å². The van der Waals surface area contributed by atoms with E-state index in [9.17, 15) is 0 Å². The molecule has 2 unspecified atom stereocenters. The number of benzene rings is 4. The Morgan fingerprint density at radius 3 is 2.19 bits per heavy atom. The maximum absolute atomic E-state index is 6.43. The lowest BCUT2D eigenvalue weighted by atomic mass is 9.70. The van der Waals surface area contributed by atoms with E-state index < -0.39 is 0 Å². The second-order valence-corrected chi connectivity index (χ2v) is 16.7. The summed E-state index contributed by atoms with van der Waals surface area (Å²) in [6.45, 7) is 4.95. The third-order valence-electron chi connectivity index (χ3n) is 13.0. The molecule has 0 radical (unpaired) electrons. The van der Waals surface area contributed by atoms with Crippen LogP contribution in [0.25, 0.3) is 17.2 Å². The Balaban J connectivity index is 0.840. The Labute approximate surface area is 336 Å². The third kappa shape index (κ3) is 5.72. The van der Waals surface area contributed by atoms with Crippen LogP contribution in [0.3, 0.4) is 0 Å². The van der Waals surface area contributed by atoms with Gasteiger partial charge < -0.3 is 19.3 Å². The fourth-order valence-electron chi connectivity index (χ4n) is 10.1. The van der Waals surface area contributed by atoms with E-state index in [1.807, 2.05) is 6.07 Å². The molecule has 7 aliphatic rings. The largest absolute Gasteiger partial charge is 0.457 e. The molecule has 0 spiro atoms. The van der Waals surface area contributed by atoms with Crippen molar-refractivity contribution in [3.8, 4) is 22.6 Å². The highest BCUT2D eigenvalue weighted by Gasteiger charge is 2.47. The summed E-state index contributed by atoms with van der Waals surface area (Å²) >= 11 is 0. The molecule has 11 rings (SSSR count). The van der Waals surface area contributed by atoms with E-state index >= 15 is 0 Å². The molecule has 0 saturated carbocycles. The highest BCUT2D eigenvalue weighted by atomic mass is 16.5. The molecule has 5 aliphatic carbocycles. The van der Waals surface area contributed by atoms with Crippen molar-refractivity contribution in [1.29, 1.82) is 0 Å². The highest BCUT2D eigenvalue weighted by molar-refractivity contribution is 5.81. The number of hydrogen-bond acceptors (Lipinski definition) is 4. The standard InChI is InChI=1S/C53H46N2O2/c1-53(2)43-32-36(27-29-41(43)42-30-28-40(34-44(42)53)55-47-19-5-9-23-51(47)57-52-24-10-6-20-48(52)55)26-25-35-13-11-14-37(31-35)38-15-12-16-39(33-38)54-45-17-3-7-21-49(45)56-50-22-8-4-18-46(50)54/h3-7,9,11-21,23,25-31,33,40,43H,8,10,22,24,32,34H2,1-2H3/b26-25+. The van der Waals surface area contributed by atoms with Crippen LogP contribution in [0.1, 0.15) is 57.9 Å². The van der Waals surface area contributed by atoms with Gasteiger partial charge in [0.2, 0.25) is 0 Å². The molecule has 280 valence electrons. The van der Waals surface area contributed by atoms with Gasteiger partial charge in [-0.1, -0.05) is 123 Å². The molecule has 4 aromatic carbocycles. The highest BCUT2D eigenvalue weighted by Crippen LogP contribution is 2.58. The Morgan fingerprint density at radius 1 is 0.667 bits per heavy atom. The van der Waals surface area contributed by atoms with Crippen molar-refractivity contribution < 1.29 is 9.47 Å². The molecule has 2 atom stereocenters. The lowest BCUT2D eigenvalue weighted by Crippen LogP contribution is -2.39. The van der Waals surface area contributed by atoms with Gasteiger partial charge in [0.1, 0.15) is 11.5 Å². The quantitative estimate of drug-likeness (QED) is 0.203. The number of hydrogen-bond donors (Lipinski definition) is 0. The smallest absolute Gasteiger partial charge is 0.151 e. The summed E-state index contributed by atoms with van der Waals surface area (Å²) in [5.41, 5.74) is 15.3. The lowest BCUT2D eigenvalue weighted by Gasteiger charge is -2.41. The Bertz CT molecular complexity index is 2640. The molecule has 4 heteroatoms. The number of ether oxygens (including phenoxy) is 2. The van der Waals surface area contributed by atoms with E-state index in [0.29, 0.717) is 5.92 Å². The fourth-order valence-corrected chi connectivity index (χ4v) is 10.1. The van der Waals surface area contributed by atoms with Crippen LogP contribution in [-0.4, -0.2) is 6.04 Å². The van der Waals surface area contributed by atoms with Crippen molar-refractivity contribution in [3.63, 3.8) is 0 Å². The first-order valence-corrected chi connectivity index (χ1v) is 20.6. The summed E-state index contributed by atoms with van der Waals surface area (Å²) in [5.74, 6) is 4.46.